The van der Waals surface area contributed by atoms with Crippen LogP contribution in [0.25, 0.3) is 0 Å². The molecule has 0 rings (SSSR count). The van der Waals surface area contributed by atoms with Gasteiger partial charge >= 0.3 is 0 Å². The molecule has 0 saturated carbocycles. The van der Waals surface area contributed by atoms with Crippen molar-refractivity contribution in [3.05, 3.63) is 0 Å². The van der Waals surface area contributed by atoms with E-state index in [1.807, 2.05) is 0 Å². The van der Waals surface area contributed by atoms with Gasteiger partial charge in [-0.15, -0.1) is 10.2 Å². The first-order chi connectivity index (χ1) is 8.81. The molecule has 0 fully saturated rings. The average Bonchev–Trinajstić information content (AvgIpc) is 2.21. The van der Waals surface area contributed by atoms with E-state index in [4.69, 9.17) is 0 Å². The van der Waals surface area contributed by atoms with Crippen LogP contribution in [0.3, 0.4) is 0 Å². The van der Waals surface area contributed by atoms with Crippen LogP contribution in [-0.2, 0) is 0 Å². The molecule has 0 heterocycles. The molecule has 0 bridgehead atoms. The summed E-state index contributed by atoms with van der Waals surface area (Å²) in [5.74, 6) is 3.86. The fourth-order valence-corrected chi connectivity index (χ4v) is 22.7. The van der Waals surface area contributed by atoms with E-state index < -0.39 is 7.22 Å². The molecule has 0 amide bonds. The van der Waals surface area contributed by atoms with Gasteiger partial charge in [-0.25, -0.2) is 0 Å². The highest BCUT2D eigenvalue weighted by Gasteiger charge is 2.36. The first-order valence-corrected chi connectivity index (χ1v) is 14.8. The van der Waals surface area contributed by atoms with Gasteiger partial charge < -0.3 is 0 Å². The highest BCUT2D eigenvalue weighted by molar-refractivity contribution is 9.14. The molecule has 0 atom stereocenters. The molecule has 0 aliphatic heterocycles. The predicted octanol–water partition coefficient (Wildman–Crippen LogP) is 7.34. The van der Waals surface area contributed by atoms with E-state index in [1.165, 1.54) is 30.3 Å². The molecule has 19 heavy (non-hydrogen) atoms. The Labute approximate surface area is 134 Å². The molecule has 0 aliphatic rings. The van der Waals surface area contributed by atoms with Crippen LogP contribution in [0.4, 0.5) is 0 Å². The summed E-state index contributed by atoms with van der Waals surface area (Å²) in [6, 6.07) is 4.48. The number of hydrogen-bond acceptors (Lipinski definition) is 3. The fourth-order valence-electron chi connectivity index (χ4n) is 2.80. The quantitative estimate of drug-likeness (QED) is 0.220. The summed E-state index contributed by atoms with van der Waals surface area (Å²) in [6.45, 7) is 16.7. The van der Waals surface area contributed by atoms with Crippen LogP contribution in [0.1, 0.15) is 54.9 Å². The van der Waals surface area contributed by atoms with Crippen molar-refractivity contribution >= 4 is 38.1 Å². The zero-order chi connectivity index (χ0) is 14.9. The second kappa shape index (κ2) is 10.9. The molecule has 0 nitrogen and oxygen atoms in total. The minimum atomic E-state index is -1.18. The van der Waals surface area contributed by atoms with Crippen LogP contribution in [0, 0.1) is 17.8 Å². The maximum absolute atomic E-state index is 2.41. The van der Waals surface area contributed by atoms with Gasteiger partial charge in [0.05, 0.1) is 0 Å². The topological polar surface area (TPSA) is 0 Å². The summed E-state index contributed by atoms with van der Waals surface area (Å²) in [5, 5.41) is 0. The highest BCUT2D eigenvalue weighted by atomic mass is 33.5. The Morgan fingerprint density at radius 1 is 0.789 bits per heavy atom. The summed E-state index contributed by atoms with van der Waals surface area (Å²) >= 11 is 0. The van der Waals surface area contributed by atoms with Gasteiger partial charge in [0.1, 0.15) is 7.22 Å². The maximum atomic E-state index is 2.41. The van der Waals surface area contributed by atoms with Crippen LogP contribution in [0.2, 0.25) is 18.1 Å². The predicted molar refractivity (Wildman–Crippen MR) is 103 cm³/mol. The van der Waals surface area contributed by atoms with Gasteiger partial charge in [-0.05, 0) is 52.1 Å². The third kappa shape index (κ3) is 10.6. The lowest BCUT2D eigenvalue weighted by atomic mass is 10.3. The second-order valence-electron chi connectivity index (χ2n) is 6.95. The first-order valence-electron chi connectivity index (χ1n) is 7.78. The number of hydrogen-bond donors (Lipinski definition) is 0. The van der Waals surface area contributed by atoms with Crippen LogP contribution in [0.5, 0.6) is 0 Å². The minimum Gasteiger partial charge on any atom is -0.109 e. The largest absolute Gasteiger partial charge is 0.133 e. The fraction of sp³-hybridized carbons (Fsp3) is 1.00. The van der Waals surface area contributed by atoms with Crippen LogP contribution < -0.4 is 0 Å². The van der Waals surface area contributed by atoms with Crippen molar-refractivity contribution in [2.75, 3.05) is 5.75 Å². The van der Waals surface area contributed by atoms with Crippen molar-refractivity contribution in [2.45, 2.75) is 73.0 Å². The molecule has 0 saturated heterocycles. The van der Waals surface area contributed by atoms with Crippen molar-refractivity contribution < 1.29 is 0 Å². The van der Waals surface area contributed by atoms with E-state index in [-0.39, 0.29) is 0 Å². The van der Waals surface area contributed by atoms with Gasteiger partial charge in [-0.2, -0.15) is 0 Å². The van der Waals surface area contributed by atoms with Crippen molar-refractivity contribution in [3.8, 4) is 0 Å². The zero-order valence-electron chi connectivity index (χ0n) is 14.0. The molecule has 0 aromatic heterocycles. The Kier molecular flexibility index (Phi) is 11.6. The van der Waals surface area contributed by atoms with Gasteiger partial charge in [0.25, 0.3) is 0 Å². The molecule has 4 heteroatoms. The number of rotatable bonds is 11. The van der Waals surface area contributed by atoms with Crippen LogP contribution in [0.15, 0.2) is 0 Å². The van der Waals surface area contributed by atoms with Gasteiger partial charge in [0, 0.05) is 5.75 Å². The molecule has 0 aromatic rings. The zero-order valence-corrected chi connectivity index (χ0v) is 17.4. The van der Waals surface area contributed by atoms with Gasteiger partial charge in [-0.3, -0.25) is 0 Å². The lowest BCUT2D eigenvalue weighted by Gasteiger charge is -2.34. The summed E-state index contributed by atoms with van der Waals surface area (Å²) in [5.41, 5.74) is 0. The second-order valence-corrected chi connectivity index (χ2v) is 18.4. The summed E-state index contributed by atoms with van der Waals surface area (Å²) < 4.78 is 0. The summed E-state index contributed by atoms with van der Waals surface area (Å²) in [7, 11) is 5.32. The van der Waals surface area contributed by atoms with E-state index in [0.29, 0.717) is 0 Å². The average molecular weight is 339 g/mol. The molecule has 0 spiro atoms. The van der Waals surface area contributed by atoms with Gasteiger partial charge in [-0.1, -0.05) is 59.3 Å². The van der Waals surface area contributed by atoms with E-state index in [2.05, 4.69) is 79.3 Å². The van der Waals surface area contributed by atoms with Gasteiger partial charge in [0.15, 0.2) is 0 Å². The third-order valence-electron chi connectivity index (χ3n) is 2.89. The highest BCUT2D eigenvalue weighted by Crippen LogP contribution is 2.50. The summed E-state index contributed by atoms with van der Waals surface area (Å²) in [4.78, 5) is 0. The molecule has 0 radical (unpaired) electrons. The molecular formula is C15H34S3Si. The molecule has 0 N–H and O–H groups in total. The summed E-state index contributed by atoms with van der Waals surface area (Å²) in [6.07, 6.45) is 1.30. The Bertz CT molecular complexity index is 191. The molecule has 0 aromatic carbocycles. The Hall–Kier alpha value is 1.27. The van der Waals surface area contributed by atoms with Crippen LogP contribution in [-0.4, -0.2) is 13.0 Å². The molecule has 0 aliphatic carbocycles. The van der Waals surface area contributed by atoms with Gasteiger partial charge in [0.2, 0.25) is 0 Å². The van der Waals surface area contributed by atoms with Crippen molar-refractivity contribution in [1.29, 1.82) is 0 Å². The molecule has 116 valence electrons. The van der Waals surface area contributed by atoms with E-state index in [9.17, 15) is 0 Å². The lowest BCUT2D eigenvalue weighted by molar-refractivity contribution is 0.655. The Balaban J connectivity index is 4.68. The standard InChI is InChI=1S/C15H34S3Si/c1-8-9-16-17-18-19(10-13(2)3,11-14(4)5)12-15(6)7/h13-15H,8-12H2,1-7H3. The molecular weight excluding hydrogens is 304 g/mol. The normalized spacial score (nSPS) is 12.9. The SMILES string of the molecule is CCCSSS[Si](CC(C)C)(CC(C)C)CC(C)C. The monoisotopic (exact) mass is 338 g/mol. The van der Waals surface area contributed by atoms with Crippen molar-refractivity contribution in [2.24, 2.45) is 17.8 Å². The third-order valence-corrected chi connectivity index (χ3v) is 18.7. The minimum absolute atomic E-state index is 0.855. The van der Waals surface area contributed by atoms with E-state index in [0.717, 1.165) is 17.8 Å². The smallest absolute Gasteiger partial charge is 0.109 e. The first kappa shape index (κ1) is 20.3. The Morgan fingerprint density at radius 2 is 1.21 bits per heavy atom. The van der Waals surface area contributed by atoms with Crippen molar-refractivity contribution in [3.63, 3.8) is 0 Å². The maximum Gasteiger partial charge on any atom is 0.133 e. The van der Waals surface area contributed by atoms with Crippen LogP contribution >= 0.6 is 30.9 Å². The Morgan fingerprint density at radius 3 is 1.53 bits per heavy atom. The molecule has 0 unspecified atom stereocenters. The van der Waals surface area contributed by atoms with Crippen molar-refractivity contribution in [1.82, 2.24) is 0 Å². The lowest BCUT2D eigenvalue weighted by Crippen LogP contribution is -2.34. The van der Waals surface area contributed by atoms with E-state index in [1.54, 1.807) is 0 Å². The van der Waals surface area contributed by atoms with E-state index >= 15 is 0 Å².